The number of aliphatic hydroxyl groups is 1. The standard InChI is InChI=1S/C50H55FN4O10S2/c1-31-45(66-30-53-31)33-7-5-32(6-8-33)27-52-48(59)41-25-37(57)28-55(41)49(60)47(50(2,3)4)54-43(58)29-63-22-21-61-19-20-62-23-24-64-38-14-16-39(17-15-38)65-44-40-18-13-36(56)26-42(40)67-46(44)34-9-11-35(51)12-10-34/h5-18,26,30,37,41,47,56-57H,19-25,27-29H2,1-4H3,(H,52,59)(H,54,58)/t37-,41+,47-/m1/s1. The summed E-state index contributed by atoms with van der Waals surface area (Å²) in [5.74, 6) is 0.313. The zero-order valence-electron chi connectivity index (χ0n) is 37.8. The molecule has 0 spiro atoms. The lowest BCUT2D eigenvalue weighted by molar-refractivity contribution is -0.144. The Morgan fingerprint density at radius 2 is 1.49 bits per heavy atom. The van der Waals surface area contributed by atoms with E-state index in [1.807, 2.05) is 57.5 Å². The molecule has 3 atom stereocenters. The first-order chi connectivity index (χ1) is 32.2. The number of benzene rings is 4. The quantitative estimate of drug-likeness (QED) is 0.0517. The Morgan fingerprint density at radius 3 is 2.16 bits per heavy atom. The van der Waals surface area contributed by atoms with E-state index in [2.05, 4.69) is 15.6 Å². The van der Waals surface area contributed by atoms with E-state index in [9.17, 15) is 29.0 Å². The molecule has 4 aromatic carbocycles. The lowest BCUT2D eigenvalue weighted by atomic mass is 9.85. The molecule has 354 valence electrons. The second-order valence-corrected chi connectivity index (χ2v) is 19.0. The number of hydrogen-bond acceptors (Lipinski definition) is 13. The number of nitrogens with one attached hydrogen (secondary N) is 2. The molecule has 3 heterocycles. The fourth-order valence-corrected chi connectivity index (χ4v) is 9.46. The smallest absolute Gasteiger partial charge is 0.246 e. The predicted molar refractivity (Wildman–Crippen MR) is 255 cm³/mol. The second-order valence-electron chi connectivity index (χ2n) is 17.1. The first-order valence-corrected chi connectivity index (χ1v) is 23.6. The van der Waals surface area contributed by atoms with Crippen LogP contribution in [0.15, 0.2) is 96.5 Å². The number of carbonyl (C=O) groups excluding carboxylic acids is 3. The van der Waals surface area contributed by atoms with Gasteiger partial charge < -0.3 is 49.4 Å². The molecular formula is C50H55FN4O10S2. The number of aromatic nitrogens is 1. The van der Waals surface area contributed by atoms with E-state index in [1.165, 1.54) is 28.4 Å². The zero-order chi connectivity index (χ0) is 47.5. The lowest BCUT2D eigenvalue weighted by Crippen LogP contribution is -2.58. The Labute approximate surface area is 396 Å². The Balaban J connectivity index is 0.771. The van der Waals surface area contributed by atoms with Crippen molar-refractivity contribution in [2.45, 2.75) is 58.8 Å². The summed E-state index contributed by atoms with van der Waals surface area (Å²) >= 11 is 3.02. The summed E-state index contributed by atoms with van der Waals surface area (Å²) in [7, 11) is 0. The van der Waals surface area contributed by atoms with Crippen LogP contribution in [0.2, 0.25) is 0 Å². The molecule has 1 aliphatic heterocycles. The Hall–Kier alpha value is -5.95. The average molecular weight is 955 g/mol. The first-order valence-electron chi connectivity index (χ1n) is 21.9. The molecule has 0 radical (unpaired) electrons. The van der Waals surface area contributed by atoms with Crippen molar-refractivity contribution in [1.82, 2.24) is 20.5 Å². The van der Waals surface area contributed by atoms with Crippen molar-refractivity contribution in [3.8, 4) is 43.9 Å². The maximum absolute atomic E-state index is 13.9. The number of β-amino-alcohol motifs (C(OH)–C–C–N with tert-alkyl or cyclic N) is 1. The number of thiazole rings is 1. The number of aliphatic hydroxyl groups excluding tert-OH is 1. The second kappa shape index (κ2) is 22.7. The number of thiophene rings is 1. The van der Waals surface area contributed by atoms with Crippen molar-refractivity contribution >= 4 is 50.5 Å². The number of aromatic hydroxyl groups is 1. The van der Waals surface area contributed by atoms with Gasteiger partial charge in [-0.1, -0.05) is 57.2 Å². The van der Waals surface area contributed by atoms with Crippen LogP contribution in [-0.2, 0) is 35.1 Å². The van der Waals surface area contributed by atoms with Gasteiger partial charge in [0.2, 0.25) is 17.7 Å². The van der Waals surface area contributed by atoms with Crippen LogP contribution in [0, 0.1) is 18.2 Å². The van der Waals surface area contributed by atoms with Crippen molar-refractivity contribution in [3.63, 3.8) is 0 Å². The number of fused-ring (bicyclic) bond motifs is 1. The van der Waals surface area contributed by atoms with Gasteiger partial charge >= 0.3 is 0 Å². The van der Waals surface area contributed by atoms with E-state index in [4.69, 9.17) is 23.7 Å². The van der Waals surface area contributed by atoms with Gasteiger partial charge in [-0.3, -0.25) is 14.4 Å². The molecule has 0 aliphatic carbocycles. The van der Waals surface area contributed by atoms with Crippen LogP contribution in [0.5, 0.6) is 23.0 Å². The number of hydrogen-bond donors (Lipinski definition) is 4. The largest absolute Gasteiger partial charge is 0.508 e. The van der Waals surface area contributed by atoms with Crippen molar-refractivity contribution in [1.29, 1.82) is 0 Å². The molecule has 1 saturated heterocycles. The molecule has 0 saturated carbocycles. The normalized spacial score (nSPS) is 15.4. The van der Waals surface area contributed by atoms with Gasteiger partial charge in [0.05, 0.1) is 60.1 Å². The molecule has 67 heavy (non-hydrogen) atoms. The van der Waals surface area contributed by atoms with Crippen LogP contribution in [-0.4, -0.2) is 109 Å². The van der Waals surface area contributed by atoms with Gasteiger partial charge in [0.25, 0.3) is 0 Å². The summed E-state index contributed by atoms with van der Waals surface area (Å²) in [5, 5.41) is 27.1. The molecule has 4 N–H and O–H groups in total. The molecule has 0 unspecified atom stereocenters. The van der Waals surface area contributed by atoms with Crippen LogP contribution in [0.3, 0.4) is 0 Å². The molecule has 17 heteroatoms. The van der Waals surface area contributed by atoms with Crippen molar-refractivity contribution in [3.05, 3.63) is 114 Å². The van der Waals surface area contributed by atoms with Gasteiger partial charge in [-0.05, 0) is 83.6 Å². The first kappa shape index (κ1) is 49.0. The fourth-order valence-electron chi connectivity index (χ4n) is 7.48. The van der Waals surface area contributed by atoms with E-state index >= 15 is 0 Å². The van der Waals surface area contributed by atoms with Gasteiger partial charge in [-0.15, -0.1) is 22.7 Å². The zero-order valence-corrected chi connectivity index (χ0v) is 39.4. The van der Waals surface area contributed by atoms with Crippen molar-refractivity contribution in [2.24, 2.45) is 5.41 Å². The number of aryl methyl sites for hydroxylation is 1. The molecule has 14 nitrogen and oxygen atoms in total. The highest BCUT2D eigenvalue weighted by molar-refractivity contribution is 7.22. The number of amides is 3. The van der Waals surface area contributed by atoms with Crippen molar-refractivity contribution < 1.29 is 52.7 Å². The molecule has 1 aliphatic rings. The summed E-state index contributed by atoms with van der Waals surface area (Å²) in [5.41, 5.74) is 4.79. The Morgan fingerprint density at radius 1 is 0.851 bits per heavy atom. The van der Waals surface area contributed by atoms with E-state index in [0.717, 1.165) is 42.2 Å². The monoisotopic (exact) mass is 954 g/mol. The average Bonchev–Trinajstić information content (AvgIpc) is 4.03. The summed E-state index contributed by atoms with van der Waals surface area (Å²) in [6.07, 6.45) is -0.789. The van der Waals surface area contributed by atoms with Crippen LogP contribution in [0.25, 0.3) is 31.0 Å². The predicted octanol–water partition coefficient (Wildman–Crippen LogP) is 7.87. The maximum atomic E-state index is 13.9. The molecule has 6 aromatic rings. The number of phenols is 1. The maximum Gasteiger partial charge on any atom is 0.246 e. The van der Waals surface area contributed by atoms with Gasteiger partial charge in [0.15, 0.2) is 5.75 Å². The van der Waals surface area contributed by atoms with Gasteiger partial charge in [0, 0.05) is 29.6 Å². The Kier molecular flexibility index (Phi) is 16.6. The van der Waals surface area contributed by atoms with Gasteiger partial charge in [-0.2, -0.15) is 0 Å². The number of likely N-dealkylation sites (tertiary alicyclic amines) is 1. The highest BCUT2D eigenvalue weighted by Crippen LogP contribution is 2.47. The highest BCUT2D eigenvalue weighted by atomic mass is 32.1. The minimum absolute atomic E-state index is 0.0245. The number of phenolic OH excluding ortho intramolecular Hbond substituents is 1. The van der Waals surface area contributed by atoms with Crippen molar-refractivity contribution in [2.75, 3.05) is 52.8 Å². The molecular weight excluding hydrogens is 900 g/mol. The summed E-state index contributed by atoms with van der Waals surface area (Å²) in [6.45, 7) is 8.96. The molecule has 7 rings (SSSR count). The number of ether oxygens (including phenoxy) is 5. The van der Waals surface area contributed by atoms with E-state index in [1.54, 1.807) is 65.9 Å². The summed E-state index contributed by atoms with van der Waals surface area (Å²) < 4.78 is 43.4. The third-order valence-corrected chi connectivity index (χ3v) is 13.1. The molecule has 0 bridgehead atoms. The Bertz CT molecular complexity index is 2600. The molecule has 1 fully saturated rings. The van der Waals surface area contributed by atoms with Crippen LogP contribution >= 0.6 is 22.7 Å². The summed E-state index contributed by atoms with van der Waals surface area (Å²) in [6, 6.07) is 24.4. The van der Waals surface area contributed by atoms with Crippen LogP contribution in [0.4, 0.5) is 4.39 Å². The fraction of sp³-hybridized carbons (Fsp3) is 0.360. The topological polar surface area (TPSA) is 178 Å². The number of rotatable bonds is 21. The summed E-state index contributed by atoms with van der Waals surface area (Å²) in [4.78, 5) is 47.9. The number of carbonyl (C=O) groups is 3. The highest BCUT2D eigenvalue weighted by Gasteiger charge is 2.44. The molecule has 3 amide bonds. The number of nitrogens with zero attached hydrogens (tertiary/aromatic N) is 2. The minimum atomic E-state index is -0.976. The van der Waals surface area contributed by atoms with E-state index < -0.39 is 35.4 Å². The number of halogens is 1. The lowest BCUT2D eigenvalue weighted by Gasteiger charge is -2.35. The van der Waals surface area contributed by atoms with Crippen LogP contribution in [0.1, 0.15) is 38.4 Å². The third-order valence-electron chi connectivity index (χ3n) is 11.0. The molecule has 2 aromatic heterocycles. The minimum Gasteiger partial charge on any atom is -0.508 e. The van der Waals surface area contributed by atoms with Crippen LogP contribution < -0.4 is 20.1 Å². The van der Waals surface area contributed by atoms with Gasteiger partial charge in [0.1, 0.15) is 48.4 Å². The third kappa shape index (κ3) is 13.1. The SMILES string of the molecule is Cc1ncsc1-c1ccc(CNC(=O)[C@@H]2C[C@@H](O)CN2C(=O)[C@@H](NC(=O)COCCOCCOCCOc2ccc(Oc3c(-c4ccc(F)cc4)sc4cc(O)ccc34)cc2)C(C)(C)C)cc1. The van der Waals surface area contributed by atoms with E-state index in [0.29, 0.717) is 43.7 Å². The van der Waals surface area contributed by atoms with E-state index in [-0.39, 0.29) is 56.8 Å². The van der Waals surface area contributed by atoms with Gasteiger partial charge in [-0.25, -0.2) is 9.37 Å².